The number of halogens is 1. The van der Waals surface area contributed by atoms with Gasteiger partial charge in [-0.3, -0.25) is 14.3 Å². The molecule has 0 amide bonds. The lowest BCUT2D eigenvalue weighted by Crippen LogP contribution is -2.39. The topological polar surface area (TPSA) is 54.9 Å². The van der Waals surface area contributed by atoms with Crippen LogP contribution < -0.4 is 11.2 Å². The summed E-state index contributed by atoms with van der Waals surface area (Å²) >= 11 is 5.92. The third-order valence-corrected chi connectivity index (χ3v) is 3.66. The van der Waals surface area contributed by atoms with Gasteiger partial charge in [0, 0.05) is 6.54 Å². The van der Waals surface area contributed by atoms with E-state index < -0.39 is 5.69 Å². The fourth-order valence-corrected chi connectivity index (χ4v) is 1.97. The average Bonchev–Trinajstić information content (AvgIpc) is 2.29. The van der Waals surface area contributed by atoms with Crippen LogP contribution in [0.1, 0.15) is 39.7 Å². The molecule has 1 rings (SSSR count). The van der Waals surface area contributed by atoms with Crippen LogP contribution in [0.15, 0.2) is 9.59 Å². The Hall–Kier alpha value is -1.03. The summed E-state index contributed by atoms with van der Waals surface area (Å²) in [6, 6.07) is 0. The third kappa shape index (κ3) is 3.25. The zero-order valence-corrected chi connectivity index (χ0v) is 12.2. The van der Waals surface area contributed by atoms with Gasteiger partial charge < -0.3 is 0 Å². The molecule has 0 spiro atoms. The van der Waals surface area contributed by atoms with E-state index >= 15 is 0 Å². The molecule has 0 fully saturated rings. The summed E-state index contributed by atoms with van der Waals surface area (Å²) in [5.41, 5.74) is -0.162. The van der Waals surface area contributed by atoms with E-state index in [9.17, 15) is 9.59 Å². The van der Waals surface area contributed by atoms with Gasteiger partial charge in [-0.05, 0) is 18.3 Å². The van der Waals surface area contributed by atoms with Crippen molar-refractivity contribution >= 4 is 11.6 Å². The van der Waals surface area contributed by atoms with Crippen molar-refractivity contribution in [1.29, 1.82) is 0 Å². The summed E-state index contributed by atoms with van der Waals surface area (Å²) in [5, 5.41) is 0.181. The van der Waals surface area contributed by atoms with Gasteiger partial charge in [0.05, 0.1) is 5.56 Å². The molecule has 0 aliphatic rings. The molecule has 102 valence electrons. The highest BCUT2D eigenvalue weighted by atomic mass is 35.5. The SMILES string of the molecule is CCCc1c(Cl)[nH]c(=O)n(CC(C)C(C)C)c1=O. The first kappa shape index (κ1) is 15.0. The predicted molar refractivity (Wildman–Crippen MR) is 74.3 cm³/mol. The van der Waals surface area contributed by atoms with E-state index in [-0.39, 0.29) is 16.6 Å². The molecule has 0 aliphatic heterocycles. The molecule has 1 aromatic heterocycles. The van der Waals surface area contributed by atoms with Crippen LogP contribution in [0.5, 0.6) is 0 Å². The standard InChI is InChI=1S/C13H21ClN2O2/c1-5-6-10-11(14)15-13(18)16(12(10)17)7-9(4)8(2)3/h8-9H,5-7H2,1-4H3,(H,15,18). The molecule has 0 aromatic carbocycles. The van der Waals surface area contributed by atoms with E-state index in [1.807, 2.05) is 13.8 Å². The highest BCUT2D eigenvalue weighted by Gasteiger charge is 2.15. The van der Waals surface area contributed by atoms with Crippen molar-refractivity contribution in [3.8, 4) is 0 Å². The van der Waals surface area contributed by atoms with Crippen LogP contribution in [0.4, 0.5) is 0 Å². The molecule has 0 saturated carbocycles. The number of nitrogens with zero attached hydrogens (tertiary/aromatic N) is 1. The van der Waals surface area contributed by atoms with Crippen LogP contribution in [-0.2, 0) is 13.0 Å². The van der Waals surface area contributed by atoms with Crippen LogP contribution in [0.3, 0.4) is 0 Å². The predicted octanol–water partition coefficient (Wildman–Crippen LogP) is 2.43. The van der Waals surface area contributed by atoms with E-state index in [0.29, 0.717) is 24.4 Å². The lowest BCUT2D eigenvalue weighted by Gasteiger charge is -2.17. The lowest BCUT2D eigenvalue weighted by molar-refractivity contribution is 0.352. The zero-order chi connectivity index (χ0) is 13.9. The smallest absolute Gasteiger partial charge is 0.297 e. The van der Waals surface area contributed by atoms with Crippen LogP contribution in [0, 0.1) is 11.8 Å². The summed E-state index contributed by atoms with van der Waals surface area (Å²) < 4.78 is 1.27. The first-order valence-electron chi connectivity index (χ1n) is 6.39. The Morgan fingerprint density at radius 1 is 1.28 bits per heavy atom. The molecule has 1 atom stereocenters. The highest BCUT2D eigenvalue weighted by Crippen LogP contribution is 2.12. The molecule has 0 radical (unpaired) electrons. The second-order valence-corrected chi connectivity index (χ2v) is 5.49. The van der Waals surface area contributed by atoms with Gasteiger partial charge >= 0.3 is 5.69 Å². The second kappa shape index (κ2) is 6.23. The first-order valence-corrected chi connectivity index (χ1v) is 6.77. The number of aromatic nitrogens is 2. The normalized spacial score (nSPS) is 13.0. The Bertz CT molecular complexity index is 517. The molecule has 1 N–H and O–H groups in total. The molecule has 18 heavy (non-hydrogen) atoms. The number of nitrogens with one attached hydrogen (secondary N) is 1. The Morgan fingerprint density at radius 3 is 2.39 bits per heavy atom. The van der Waals surface area contributed by atoms with Gasteiger partial charge in [-0.15, -0.1) is 0 Å². The number of aromatic amines is 1. The maximum atomic E-state index is 12.2. The maximum Gasteiger partial charge on any atom is 0.329 e. The van der Waals surface area contributed by atoms with E-state index in [2.05, 4.69) is 18.8 Å². The fraction of sp³-hybridized carbons (Fsp3) is 0.692. The van der Waals surface area contributed by atoms with Crippen molar-refractivity contribution in [2.75, 3.05) is 0 Å². The Kier molecular flexibility index (Phi) is 5.20. The summed E-state index contributed by atoms with van der Waals surface area (Å²) in [4.78, 5) is 26.6. The average molecular weight is 273 g/mol. The number of rotatable bonds is 5. The Labute approximate surface area is 112 Å². The summed E-state index contributed by atoms with van der Waals surface area (Å²) in [7, 11) is 0. The molecule has 4 nitrogen and oxygen atoms in total. The third-order valence-electron chi connectivity index (χ3n) is 3.34. The van der Waals surface area contributed by atoms with Crippen LogP contribution in [-0.4, -0.2) is 9.55 Å². The van der Waals surface area contributed by atoms with Gasteiger partial charge in [-0.1, -0.05) is 45.7 Å². The second-order valence-electron chi connectivity index (χ2n) is 5.11. The van der Waals surface area contributed by atoms with E-state index in [1.54, 1.807) is 0 Å². The zero-order valence-electron chi connectivity index (χ0n) is 11.4. The van der Waals surface area contributed by atoms with E-state index in [0.717, 1.165) is 6.42 Å². The van der Waals surface area contributed by atoms with Gasteiger partial charge in [-0.25, -0.2) is 4.79 Å². The maximum absolute atomic E-state index is 12.2. The van der Waals surface area contributed by atoms with Crippen molar-refractivity contribution < 1.29 is 0 Å². The molecule has 0 aliphatic carbocycles. The Balaban J connectivity index is 3.24. The number of hydrogen-bond donors (Lipinski definition) is 1. The van der Waals surface area contributed by atoms with Gasteiger partial charge in [-0.2, -0.15) is 0 Å². The summed E-state index contributed by atoms with van der Waals surface area (Å²) in [5.74, 6) is 0.682. The number of hydrogen-bond acceptors (Lipinski definition) is 2. The minimum absolute atomic E-state index is 0.181. The largest absolute Gasteiger partial charge is 0.329 e. The Morgan fingerprint density at radius 2 is 1.89 bits per heavy atom. The fourth-order valence-electron chi connectivity index (χ4n) is 1.72. The molecule has 1 aromatic rings. The molecule has 0 saturated heterocycles. The molecule has 1 heterocycles. The van der Waals surface area contributed by atoms with Gasteiger partial charge in [0.1, 0.15) is 5.15 Å². The highest BCUT2D eigenvalue weighted by molar-refractivity contribution is 6.30. The van der Waals surface area contributed by atoms with E-state index in [1.165, 1.54) is 4.57 Å². The van der Waals surface area contributed by atoms with Crippen LogP contribution in [0.25, 0.3) is 0 Å². The quantitative estimate of drug-likeness (QED) is 0.837. The minimum atomic E-state index is -0.419. The van der Waals surface area contributed by atoms with Crippen LogP contribution in [0.2, 0.25) is 5.15 Å². The first-order chi connectivity index (χ1) is 8.38. The van der Waals surface area contributed by atoms with Crippen molar-refractivity contribution in [2.45, 2.75) is 47.1 Å². The van der Waals surface area contributed by atoms with Crippen LogP contribution >= 0.6 is 11.6 Å². The minimum Gasteiger partial charge on any atom is -0.297 e. The van der Waals surface area contributed by atoms with Crippen molar-refractivity contribution in [1.82, 2.24) is 9.55 Å². The lowest BCUT2D eigenvalue weighted by atomic mass is 9.98. The summed E-state index contributed by atoms with van der Waals surface area (Å²) in [6.45, 7) is 8.59. The molecule has 1 unspecified atom stereocenters. The molecule has 0 bridgehead atoms. The summed E-state index contributed by atoms with van der Waals surface area (Å²) in [6.07, 6.45) is 1.41. The monoisotopic (exact) mass is 272 g/mol. The molecular weight excluding hydrogens is 252 g/mol. The molecular formula is C13H21ClN2O2. The van der Waals surface area contributed by atoms with Crippen molar-refractivity contribution in [3.63, 3.8) is 0 Å². The molecule has 5 heteroatoms. The van der Waals surface area contributed by atoms with Crippen molar-refractivity contribution in [3.05, 3.63) is 31.6 Å². The van der Waals surface area contributed by atoms with Gasteiger partial charge in [0.25, 0.3) is 5.56 Å². The van der Waals surface area contributed by atoms with Gasteiger partial charge in [0.15, 0.2) is 0 Å². The van der Waals surface area contributed by atoms with Gasteiger partial charge in [0.2, 0.25) is 0 Å². The number of H-pyrrole nitrogens is 1. The van der Waals surface area contributed by atoms with Crippen molar-refractivity contribution in [2.24, 2.45) is 11.8 Å². The van der Waals surface area contributed by atoms with E-state index in [4.69, 9.17) is 11.6 Å².